The maximum atomic E-state index is 12.4. The number of para-hydroxylation sites is 2. The van der Waals surface area contributed by atoms with Gasteiger partial charge in [-0.25, -0.2) is 0 Å². The lowest BCUT2D eigenvalue weighted by molar-refractivity contribution is -0.152. The van der Waals surface area contributed by atoms with Crippen LogP contribution in [-0.4, -0.2) is 36.4 Å². The molecule has 0 saturated heterocycles. The maximum Gasteiger partial charge on any atom is 0.310 e. The van der Waals surface area contributed by atoms with Crippen molar-refractivity contribution >= 4 is 46.5 Å². The summed E-state index contributed by atoms with van der Waals surface area (Å²) in [5.41, 5.74) is 1.90. The summed E-state index contributed by atoms with van der Waals surface area (Å²) in [4.78, 5) is 24.4. The number of anilines is 2. The minimum absolute atomic E-state index is 0.0171. The van der Waals surface area contributed by atoms with Crippen LogP contribution in [-0.2, 0) is 25.5 Å². The van der Waals surface area contributed by atoms with E-state index in [0.29, 0.717) is 33.4 Å². The van der Waals surface area contributed by atoms with Gasteiger partial charge in [-0.1, -0.05) is 131 Å². The molecule has 0 fully saturated rings. The number of unbranched alkanes of at least 4 members (excludes halogenated alkanes) is 12. The molecule has 0 bridgehead atoms. The molecule has 8 heteroatoms. The summed E-state index contributed by atoms with van der Waals surface area (Å²) in [6, 6.07) is 12.4. The largest absolute Gasteiger partial charge is 0.463 e. The molecule has 2 aromatic rings. The second-order valence-electron chi connectivity index (χ2n) is 10.6. The normalized spacial score (nSPS) is 11.7. The zero-order chi connectivity index (χ0) is 29.7. The van der Waals surface area contributed by atoms with E-state index >= 15 is 0 Å². The van der Waals surface area contributed by atoms with Crippen LogP contribution < -0.4 is 5.32 Å². The molecular formula is C33H47Cl2NO5. The molecule has 1 unspecified atom stereocenters. The molecule has 0 amide bonds. The average Bonchev–Trinajstić information content (AvgIpc) is 2.96. The number of hydrogen-bond donors (Lipinski definition) is 2. The Bertz CT molecular complexity index is 1010. The van der Waals surface area contributed by atoms with Crippen LogP contribution >= 0.6 is 23.2 Å². The van der Waals surface area contributed by atoms with Gasteiger partial charge in [0, 0.05) is 12.1 Å². The van der Waals surface area contributed by atoms with Crippen molar-refractivity contribution in [1.82, 2.24) is 0 Å². The molecule has 0 heterocycles. The van der Waals surface area contributed by atoms with Gasteiger partial charge in [0.05, 0.1) is 22.2 Å². The molecule has 2 N–H and O–H groups in total. The Morgan fingerprint density at radius 1 is 0.732 bits per heavy atom. The lowest BCUT2D eigenvalue weighted by Crippen LogP contribution is -2.26. The van der Waals surface area contributed by atoms with E-state index in [1.807, 2.05) is 18.2 Å². The number of carbonyl (C=O) groups is 2. The highest BCUT2D eigenvalue weighted by Gasteiger charge is 2.15. The number of nitrogens with one attached hydrogen (secondary N) is 1. The van der Waals surface area contributed by atoms with Crippen molar-refractivity contribution < 1.29 is 24.2 Å². The molecule has 0 radical (unpaired) electrons. The first-order chi connectivity index (χ1) is 19.9. The molecule has 41 heavy (non-hydrogen) atoms. The Morgan fingerprint density at radius 3 is 1.83 bits per heavy atom. The monoisotopic (exact) mass is 607 g/mol. The van der Waals surface area contributed by atoms with Crippen LogP contribution in [0, 0.1) is 0 Å². The second-order valence-corrected chi connectivity index (χ2v) is 11.4. The Labute approximate surface area is 256 Å². The van der Waals surface area contributed by atoms with Crippen LogP contribution in [0.3, 0.4) is 0 Å². The molecule has 0 aliphatic heterocycles. The summed E-state index contributed by atoms with van der Waals surface area (Å²) >= 11 is 12.5. The molecule has 228 valence electrons. The second kappa shape index (κ2) is 21.4. The number of halogens is 2. The maximum absolute atomic E-state index is 12.4. The van der Waals surface area contributed by atoms with Crippen molar-refractivity contribution in [1.29, 1.82) is 0 Å². The van der Waals surface area contributed by atoms with E-state index < -0.39 is 12.1 Å². The van der Waals surface area contributed by atoms with Crippen LogP contribution in [0.5, 0.6) is 0 Å². The molecule has 2 aromatic carbocycles. The number of benzene rings is 2. The van der Waals surface area contributed by atoms with Crippen LogP contribution in [0.4, 0.5) is 11.4 Å². The quantitative estimate of drug-likeness (QED) is 0.102. The molecule has 0 saturated carbocycles. The van der Waals surface area contributed by atoms with Crippen molar-refractivity contribution in [2.45, 2.75) is 109 Å². The zero-order valence-electron chi connectivity index (χ0n) is 24.5. The van der Waals surface area contributed by atoms with Gasteiger partial charge in [-0.2, -0.15) is 0 Å². The standard InChI is InChI=1S/C33H47Cl2NO5/c1-2-3-4-5-6-7-8-9-10-11-12-13-14-22-31(38)40-24-27(37)25-41-32(39)23-26-18-15-16-21-30(26)36-33-28(34)19-17-20-29(33)35/h15-21,27,36-37H,2-14,22-25H2,1H3. The van der Waals surface area contributed by atoms with Crippen molar-refractivity contribution in [3.05, 3.63) is 58.1 Å². The van der Waals surface area contributed by atoms with Gasteiger partial charge in [0.1, 0.15) is 19.3 Å². The Kier molecular flexibility index (Phi) is 18.2. The van der Waals surface area contributed by atoms with Gasteiger partial charge in [-0.15, -0.1) is 0 Å². The van der Waals surface area contributed by atoms with Crippen molar-refractivity contribution in [3.63, 3.8) is 0 Å². The number of aliphatic hydroxyl groups is 1. The summed E-state index contributed by atoms with van der Waals surface area (Å²) in [7, 11) is 0. The molecule has 2 rings (SSSR count). The third-order valence-corrected chi connectivity index (χ3v) is 7.56. The van der Waals surface area contributed by atoms with Crippen molar-refractivity contribution in [2.24, 2.45) is 0 Å². The smallest absolute Gasteiger partial charge is 0.310 e. The van der Waals surface area contributed by atoms with Gasteiger partial charge < -0.3 is 19.9 Å². The van der Waals surface area contributed by atoms with Crippen LogP contribution in [0.1, 0.15) is 102 Å². The molecule has 0 aliphatic rings. The number of esters is 2. The SMILES string of the molecule is CCCCCCCCCCCCCCCC(=O)OCC(O)COC(=O)Cc1ccccc1Nc1c(Cl)cccc1Cl. The highest BCUT2D eigenvalue weighted by Crippen LogP contribution is 2.33. The van der Waals surface area contributed by atoms with Crippen LogP contribution in [0.15, 0.2) is 42.5 Å². The lowest BCUT2D eigenvalue weighted by atomic mass is 10.0. The third kappa shape index (κ3) is 15.5. The Balaban J connectivity index is 1.54. The van der Waals surface area contributed by atoms with Crippen molar-refractivity contribution in [2.75, 3.05) is 18.5 Å². The zero-order valence-corrected chi connectivity index (χ0v) is 26.0. The number of ether oxygens (including phenoxy) is 2. The first-order valence-corrected chi connectivity index (χ1v) is 15.9. The Hall–Kier alpha value is -2.28. The highest BCUT2D eigenvalue weighted by atomic mass is 35.5. The van der Waals surface area contributed by atoms with Gasteiger partial charge in [-0.3, -0.25) is 9.59 Å². The fraction of sp³-hybridized carbons (Fsp3) is 0.576. The van der Waals surface area contributed by atoms with Gasteiger partial charge in [0.2, 0.25) is 0 Å². The molecule has 0 aliphatic carbocycles. The fourth-order valence-corrected chi connectivity index (χ4v) is 5.03. The topological polar surface area (TPSA) is 84.9 Å². The average molecular weight is 609 g/mol. The number of aliphatic hydroxyl groups excluding tert-OH is 1. The predicted molar refractivity (Wildman–Crippen MR) is 168 cm³/mol. The van der Waals surface area contributed by atoms with Crippen molar-refractivity contribution in [3.8, 4) is 0 Å². The van der Waals surface area contributed by atoms with E-state index in [4.69, 9.17) is 32.7 Å². The summed E-state index contributed by atoms with van der Waals surface area (Å²) < 4.78 is 10.4. The van der Waals surface area contributed by atoms with Gasteiger partial charge >= 0.3 is 11.9 Å². The van der Waals surface area contributed by atoms with Gasteiger partial charge in [0.15, 0.2) is 0 Å². The van der Waals surface area contributed by atoms with Crippen LogP contribution in [0.25, 0.3) is 0 Å². The predicted octanol–water partition coefficient (Wildman–Crippen LogP) is 9.21. The molecule has 6 nitrogen and oxygen atoms in total. The Morgan fingerprint density at radius 2 is 1.24 bits per heavy atom. The summed E-state index contributed by atoms with van der Waals surface area (Å²) in [6.07, 6.45) is 15.4. The third-order valence-electron chi connectivity index (χ3n) is 6.93. The van der Waals surface area contributed by atoms with Crippen LogP contribution in [0.2, 0.25) is 10.0 Å². The number of hydrogen-bond acceptors (Lipinski definition) is 6. The molecule has 0 spiro atoms. The van der Waals surface area contributed by atoms with E-state index in [-0.39, 0.29) is 25.6 Å². The van der Waals surface area contributed by atoms with Gasteiger partial charge in [-0.05, 0) is 30.2 Å². The minimum atomic E-state index is -1.08. The van der Waals surface area contributed by atoms with E-state index in [1.165, 1.54) is 64.2 Å². The summed E-state index contributed by atoms with van der Waals surface area (Å²) in [5.74, 6) is -0.849. The van der Waals surface area contributed by atoms with E-state index in [9.17, 15) is 14.7 Å². The lowest BCUT2D eigenvalue weighted by Gasteiger charge is -2.15. The van der Waals surface area contributed by atoms with E-state index in [2.05, 4.69) is 12.2 Å². The number of carbonyl (C=O) groups excluding carboxylic acids is 2. The number of rotatable bonds is 22. The summed E-state index contributed by atoms with van der Waals surface area (Å²) in [6.45, 7) is 1.80. The first-order valence-electron chi connectivity index (χ1n) is 15.2. The van der Waals surface area contributed by atoms with E-state index in [1.54, 1.807) is 24.3 Å². The highest BCUT2D eigenvalue weighted by molar-refractivity contribution is 6.39. The summed E-state index contributed by atoms with van der Waals surface area (Å²) in [5, 5.41) is 14.2. The van der Waals surface area contributed by atoms with Gasteiger partial charge in [0.25, 0.3) is 0 Å². The molecule has 0 aromatic heterocycles. The fourth-order valence-electron chi connectivity index (χ4n) is 4.54. The first kappa shape index (κ1) is 34.9. The minimum Gasteiger partial charge on any atom is -0.463 e. The molecule has 1 atom stereocenters. The molecular weight excluding hydrogens is 561 g/mol. The van der Waals surface area contributed by atoms with E-state index in [0.717, 1.165) is 19.3 Å².